The molecule has 0 amide bonds. The van der Waals surface area contributed by atoms with Crippen LogP contribution in [0.15, 0.2) is 53.4 Å². The Kier molecular flexibility index (Phi) is 5.47. The van der Waals surface area contributed by atoms with E-state index in [-0.39, 0.29) is 5.82 Å². The lowest BCUT2D eigenvalue weighted by molar-refractivity contribution is 0.391. The maximum atomic E-state index is 14.7. The van der Waals surface area contributed by atoms with Gasteiger partial charge in [0.15, 0.2) is 17.3 Å². The van der Waals surface area contributed by atoms with E-state index in [1.807, 2.05) is 25.1 Å². The molecule has 188 valence electrons. The Morgan fingerprint density at radius 2 is 1.97 bits per heavy atom. The quantitative estimate of drug-likeness (QED) is 0.332. The van der Waals surface area contributed by atoms with Gasteiger partial charge in [-0.3, -0.25) is 4.98 Å². The molecular weight excluding hydrogens is 477 g/mol. The van der Waals surface area contributed by atoms with Gasteiger partial charge >= 0.3 is 0 Å². The molecule has 1 saturated carbocycles. The number of hydrogen-bond donors (Lipinski definition) is 1. The van der Waals surface area contributed by atoms with E-state index in [1.165, 1.54) is 12.3 Å². The minimum absolute atomic E-state index is 0.360. The molecule has 5 aromatic rings. The number of fused-ring (bicyclic) bond motifs is 1. The summed E-state index contributed by atoms with van der Waals surface area (Å²) in [6, 6.07) is 8.60. The van der Waals surface area contributed by atoms with E-state index in [4.69, 9.17) is 29.0 Å². The Bertz CT molecular complexity index is 1600. The molecule has 4 heterocycles. The zero-order valence-electron chi connectivity index (χ0n) is 20.5. The second-order valence-corrected chi connectivity index (χ2v) is 8.85. The highest BCUT2D eigenvalue weighted by molar-refractivity contribution is 5.69. The van der Waals surface area contributed by atoms with Gasteiger partial charge in [-0.2, -0.15) is 0 Å². The summed E-state index contributed by atoms with van der Waals surface area (Å²) in [7, 11) is 3.22. The molecule has 6 rings (SSSR count). The van der Waals surface area contributed by atoms with Gasteiger partial charge in [0.1, 0.15) is 29.3 Å². The number of anilines is 1. The van der Waals surface area contributed by atoms with Crippen molar-refractivity contribution in [3.05, 3.63) is 77.6 Å². The summed E-state index contributed by atoms with van der Waals surface area (Å²) >= 11 is 0. The zero-order chi connectivity index (χ0) is 25.6. The van der Waals surface area contributed by atoms with Crippen molar-refractivity contribution in [3.63, 3.8) is 0 Å². The van der Waals surface area contributed by atoms with E-state index in [1.54, 1.807) is 37.2 Å². The van der Waals surface area contributed by atoms with Crippen LogP contribution in [0.25, 0.3) is 17.2 Å². The summed E-state index contributed by atoms with van der Waals surface area (Å²) < 4.78 is 32.8. The van der Waals surface area contributed by atoms with Gasteiger partial charge in [0.2, 0.25) is 5.89 Å². The van der Waals surface area contributed by atoms with Crippen molar-refractivity contribution in [1.29, 1.82) is 0 Å². The van der Waals surface area contributed by atoms with Crippen LogP contribution in [0.2, 0.25) is 0 Å². The molecule has 0 spiro atoms. The first-order valence-electron chi connectivity index (χ1n) is 11.8. The number of methoxy groups -OCH3 is 2. The van der Waals surface area contributed by atoms with Crippen molar-refractivity contribution in [2.45, 2.75) is 31.7 Å². The number of aryl methyl sites for hydroxylation is 1. The lowest BCUT2D eigenvalue weighted by Gasteiger charge is -2.13. The second kappa shape index (κ2) is 8.84. The Morgan fingerprint density at radius 3 is 2.68 bits per heavy atom. The number of nitrogens with zero attached hydrogens (tertiary/aromatic N) is 6. The van der Waals surface area contributed by atoms with E-state index in [9.17, 15) is 4.39 Å². The molecule has 10 nitrogen and oxygen atoms in total. The second-order valence-electron chi connectivity index (χ2n) is 8.85. The number of pyridine rings is 1. The molecule has 0 bridgehead atoms. The molecule has 4 aromatic heterocycles. The molecule has 0 aliphatic heterocycles. The van der Waals surface area contributed by atoms with Crippen molar-refractivity contribution in [1.82, 2.24) is 29.5 Å². The Hall–Kier alpha value is -4.54. The fourth-order valence-corrected chi connectivity index (χ4v) is 4.51. The van der Waals surface area contributed by atoms with Gasteiger partial charge in [0.25, 0.3) is 0 Å². The van der Waals surface area contributed by atoms with Gasteiger partial charge in [-0.15, -0.1) is 5.10 Å². The first-order chi connectivity index (χ1) is 18.0. The summed E-state index contributed by atoms with van der Waals surface area (Å²) in [5.74, 6) is 2.35. The van der Waals surface area contributed by atoms with Gasteiger partial charge in [0.05, 0.1) is 37.2 Å². The normalized spacial score (nSPS) is 14.1. The monoisotopic (exact) mass is 501 g/mol. The zero-order valence-corrected chi connectivity index (χ0v) is 20.5. The van der Waals surface area contributed by atoms with Crippen molar-refractivity contribution in [3.8, 4) is 23.1 Å². The first-order valence-corrected chi connectivity index (χ1v) is 11.8. The van der Waals surface area contributed by atoms with Gasteiger partial charge in [-0.1, -0.05) is 0 Å². The van der Waals surface area contributed by atoms with Crippen molar-refractivity contribution >= 4 is 11.5 Å². The maximum absolute atomic E-state index is 14.7. The molecule has 0 saturated heterocycles. The molecule has 1 aromatic carbocycles. The molecular formula is C26H24FN7O3. The van der Waals surface area contributed by atoms with Crippen LogP contribution in [0.5, 0.6) is 11.5 Å². The molecule has 1 N–H and O–H groups in total. The smallest absolute Gasteiger partial charge is 0.246 e. The standard InChI is InChI=1S/C26H24FN7O3/c1-15-20(24-29-11-12-37-24)31-22(30-14-16-6-7-17(35-2)13-19(16)36-3)23-32-25(33-34(15)23)26(8-9-26)21-18(27)5-4-10-28-21/h4-7,10-13H,8-9,14H2,1-3H3,(H,30,31). The van der Waals surface area contributed by atoms with E-state index in [0.717, 1.165) is 5.56 Å². The van der Waals surface area contributed by atoms with Gasteiger partial charge in [-0.25, -0.2) is 23.9 Å². The number of oxazole rings is 1. The molecule has 1 fully saturated rings. The number of benzene rings is 1. The summed E-state index contributed by atoms with van der Waals surface area (Å²) in [6.45, 7) is 2.27. The largest absolute Gasteiger partial charge is 0.497 e. The summed E-state index contributed by atoms with van der Waals surface area (Å²) in [4.78, 5) is 18.3. The fraction of sp³-hybridized carbons (Fsp3) is 0.269. The summed E-state index contributed by atoms with van der Waals surface area (Å²) in [6.07, 6.45) is 6.07. The summed E-state index contributed by atoms with van der Waals surface area (Å²) in [5.41, 5.74) is 2.33. The Morgan fingerprint density at radius 1 is 1.11 bits per heavy atom. The highest BCUT2D eigenvalue weighted by atomic mass is 19.1. The van der Waals surface area contributed by atoms with Crippen LogP contribution >= 0.6 is 0 Å². The minimum Gasteiger partial charge on any atom is -0.497 e. The van der Waals surface area contributed by atoms with Gasteiger partial charge < -0.3 is 19.2 Å². The van der Waals surface area contributed by atoms with Crippen LogP contribution in [0.4, 0.5) is 10.2 Å². The highest BCUT2D eigenvalue weighted by Gasteiger charge is 2.52. The fourth-order valence-electron chi connectivity index (χ4n) is 4.51. The number of hydrogen-bond acceptors (Lipinski definition) is 9. The SMILES string of the molecule is COc1ccc(CNc2nc(-c3ncco3)c(C)n3nc(C4(c5ncccc5F)CC4)nc23)c(OC)c1. The number of ether oxygens (including phenoxy) is 2. The molecule has 0 radical (unpaired) electrons. The average molecular weight is 502 g/mol. The van der Waals surface area contributed by atoms with Crippen molar-refractivity contribution in [2.75, 3.05) is 19.5 Å². The van der Waals surface area contributed by atoms with Gasteiger partial charge in [0, 0.05) is 24.4 Å². The molecule has 37 heavy (non-hydrogen) atoms. The molecule has 1 aliphatic carbocycles. The molecule has 0 unspecified atom stereocenters. The average Bonchev–Trinajstić information content (AvgIpc) is 3.31. The summed E-state index contributed by atoms with van der Waals surface area (Å²) in [5, 5.41) is 8.18. The van der Waals surface area contributed by atoms with Crippen LogP contribution in [0.3, 0.4) is 0 Å². The van der Waals surface area contributed by atoms with Crippen LogP contribution < -0.4 is 14.8 Å². The lowest BCUT2D eigenvalue weighted by Crippen LogP contribution is -2.15. The molecule has 11 heteroatoms. The van der Waals surface area contributed by atoms with Crippen LogP contribution in [-0.4, -0.2) is 43.8 Å². The van der Waals surface area contributed by atoms with Crippen LogP contribution in [0.1, 0.15) is 35.6 Å². The van der Waals surface area contributed by atoms with E-state index in [2.05, 4.69) is 15.3 Å². The third-order valence-electron chi connectivity index (χ3n) is 6.67. The maximum Gasteiger partial charge on any atom is 0.246 e. The Labute approximate surface area is 211 Å². The topological polar surface area (TPSA) is 112 Å². The Balaban J connectivity index is 1.45. The van der Waals surface area contributed by atoms with Crippen LogP contribution in [-0.2, 0) is 12.0 Å². The highest BCUT2D eigenvalue weighted by Crippen LogP contribution is 2.52. The number of aromatic nitrogens is 6. The molecule has 0 atom stereocenters. The van der Waals surface area contributed by atoms with E-state index in [0.29, 0.717) is 71.1 Å². The predicted octanol–water partition coefficient (Wildman–Crippen LogP) is 4.33. The number of nitrogens with one attached hydrogen (secondary N) is 1. The third kappa shape index (κ3) is 3.83. The first kappa shape index (κ1) is 22.9. The number of halogens is 1. The lowest BCUT2D eigenvalue weighted by atomic mass is 10.0. The van der Waals surface area contributed by atoms with Crippen molar-refractivity contribution in [2.24, 2.45) is 0 Å². The predicted molar refractivity (Wildman–Crippen MR) is 132 cm³/mol. The van der Waals surface area contributed by atoms with Crippen molar-refractivity contribution < 1.29 is 18.3 Å². The minimum atomic E-state index is -0.663. The molecule has 1 aliphatic rings. The third-order valence-corrected chi connectivity index (χ3v) is 6.67. The van der Waals surface area contributed by atoms with Crippen LogP contribution in [0, 0.1) is 12.7 Å². The van der Waals surface area contributed by atoms with E-state index >= 15 is 0 Å². The number of rotatable bonds is 8. The van der Waals surface area contributed by atoms with E-state index < -0.39 is 5.41 Å². The van der Waals surface area contributed by atoms with Gasteiger partial charge in [-0.05, 0) is 44.0 Å².